The van der Waals surface area contributed by atoms with E-state index in [9.17, 15) is 4.79 Å². The summed E-state index contributed by atoms with van der Waals surface area (Å²) in [7, 11) is 0. The number of hydrogen-bond acceptors (Lipinski definition) is 3. The monoisotopic (exact) mass is 523 g/mol. The zero-order valence-electron chi connectivity index (χ0n) is 22.4. The standard InChI is InChI=1S/C31H33N5OS/c1-19(2)30(37)33-26-15-14-24(17-20(26)3)36-29(28(34-31(36)38)27-13-9-10-16-32-27)25-18-21(4)35(22(25)5)23-11-7-6-8-12-23/h6-19,28-29H,1-5H3,(H,33,37)(H,34,38)/t28-,29+/m0/s1. The average molecular weight is 524 g/mol. The highest BCUT2D eigenvalue weighted by atomic mass is 32.1. The van der Waals surface area contributed by atoms with Crippen LogP contribution in [0.2, 0.25) is 0 Å². The lowest BCUT2D eigenvalue weighted by Crippen LogP contribution is -2.29. The van der Waals surface area contributed by atoms with Crippen molar-refractivity contribution in [3.8, 4) is 5.69 Å². The number of nitrogens with one attached hydrogen (secondary N) is 2. The van der Waals surface area contributed by atoms with Gasteiger partial charge in [0.1, 0.15) is 0 Å². The van der Waals surface area contributed by atoms with Crippen LogP contribution in [0.3, 0.4) is 0 Å². The van der Waals surface area contributed by atoms with E-state index in [-0.39, 0.29) is 23.9 Å². The van der Waals surface area contributed by atoms with Gasteiger partial charge in [-0.3, -0.25) is 9.78 Å². The maximum Gasteiger partial charge on any atom is 0.226 e. The largest absolute Gasteiger partial charge is 0.351 e. The molecule has 2 aromatic carbocycles. The molecule has 4 aromatic rings. The van der Waals surface area contributed by atoms with Gasteiger partial charge in [-0.05, 0) is 92.6 Å². The highest BCUT2D eigenvalue weighted by molar-refractivity contribution is 7.80. The molecule has 0 bridgehead atoms. The number of anilines is 2. The van der Waals surface area contributed by atoms with Crippen LogP contribution in [0.25, 0.3) is 5.69 Å². The molecule has 2 atom stereocenters. The molecule has 1 fully saturated rings. The Morgan fingerprint density at radius 3 is 2.37 bits per heavy atom. The van der Waals surface area contributed by atoms with Crippen LogP contribution in [0, 0.1) is 26.7 Å². The summed E-state index contributed by atoms with van der Waals surface area (Å²) in [5.74, 6) is -0.0894. The van der Waals surface area contributed by atoms with E-state index < -0.39 is 0 Å². The first-order valence-electron chi connectivity index (χ1n) is 12.9. The first-order valence-corrected chi connectivity index (χ1v) is 13.3. The quantitative estimate of drug-likeness (QED) is 0.280. The van der Waals surface area contributed by atoms with Gasteiger partial charge in [-0.25, -0.2) is 0 Å². The summed E-state index contributed by atoms with van der Waals surface area (Å²) in [6, 6.07) is 24.5. The summed E-state index contributed by atoms with van der Waals surface area (Å²) >= 11 is 5.94. The molecule has 6 nitrogen and oxygen atoms in total. The minimum atomic E-state index is -0.131. The van der Waals surface area contributed by atoms with Gasteiger partial charge in [-0.15, -0.1) is 0 Å². The Labute approximate surface area is 229 Å². The van der Waals surface area contributed by atoms with E-state index in [1.807, 2.05) is 63.4 Å². The van der Waals surface area contributed by atoms with Crippen LogP contribution in [-0.4, -0.2) is 20.6 Å². The molecule has 1 aliphatic heterocycles. The molecule has 0 radical (unpaired) electrons. The smallest absolute Gasteiger partial charge is 0.226 e. The summed E-state index contributed by atoms with van der Waals surface area (Å²) in [5.41, 5.74) is 8.32. The lowest BCUT2D eigenvalue weighted by Gasteiger charge is -2.29. The zero-order valence-corrected chi connectivity index (χ0v) is 23.2. The molecule has 0 aliphatic carbocycles. The van der Waals surface area contributed by atoms with Crippen molar-refractivity contribution in [2.45, 2.75) is 46.7 Å². The first-order chi connectivity index (χ1) is 18.3. The van der Waals surface area contributed by atoms with Gasteiger partial charge in [0.15, 0.2) is 5.11 Å². The van der Waals surface area contributed by atoms with Crippen molar-refractivity contribution >= 4 is 34.6 Å². The molecule has 0 unspecified atom stereocenters. The van der Waals surface area contributed by atoms with E-state index in [1.54, 1.807) is 0 Å². The number of nitrogens with zero attached hydrogens (tertiary/aromatic N) is 3. The second-order valence-electron chi connectivity index (χ2n) is 10.1. The Bertz CT molecular complexity index is 1480. The molecule has 2 aromatic heterocycles. The van der Waals surface area contributed by atoms with Gasteiger partial charge in [0.05, 0.1) is 17.8 Å². The molecule has 1 amide bonds. The summed E-state index contributed by atoms with van der Waals surface area (Å²) in [6.45, 7) is 10.1. The molecular weight excluding hydrogens is 490 g/mol. The Morgan fingerprint density at radius 1 is 0.974 bits per heavy atom. The molecule has 38 heavy (non-hydrogen) atoms. The molecule has 3 heterocycles. The number of benzene rings is 2. The molecule has 1 aliphatic rings. The molecular formula is C31H33N5OS. The van der Waals surface area contributed by atoms with E-state index in [1.165, 1.54) is 5.56 Å². The number of pyridine rings is 1. The highest BCUT2D eigenvalue weighted by Gasteiger charge is 2.42. The van der Waals surface area contributed by atoms with E-state index in [2.05, 4.69) is 70.3 Å². The number of carbonyl (C=O) groups is 1. The molecule has 0 spiro atoms. The number of amides is 1. The third-order valence-corrected chi connectivity index (χ3v) is 7.49. The van der Waals surface area contributed by atoms with Gasteiger partial charge in [0.2, 0.25) is 5.91 Å². The summed E-state index contributed by atoms with van der Waals surface area (Å²) in [5, 5.41) is 7.24. The van der Waals surface area contributed by atoms with Crippen molar-refractivity contribution in [2.75, 3.05) is 10.2 Å². The minimum absolute atomic E-state index is 0.000606. The topological polar surface area (TPSA) is 62.2 Å². The zero-order chi connectivity index (χ0) is 27.0. The number of hydrogen-bond donors (Lipinski definition) is 2. The van der Waals surface area contributed by atoms with Crippen molar-refractivity contribution in [3.63, 3.8) is 0 Å². The van der Waals surface area contributed by atoms with Gasteiger partial charge in [-0.1, -0.05) is 38.1 Å². The Kier molecular flexibility index (Phi) is 7.04. The fraction of sp³-hybridized carbons (Fsp3) is 0.258. The Hall–Kier alpha value is -3.97. The Balaban J connectivity index is 1.61. The van der Waals surface area contributed by atoms with E-state index in [4.69, 9.17) is 17.2 Å². The molecule has 2 N–H and O–H groups in total. The third kappa shape index (κ3) is 4.70. The van der Waals surface area contributed by atoms with E-state index >= 15 is 0 Å². The maximum absolute atomic E-state index is 12.3. The van der Waals surface area contributed by atoms with Gasteiger partial charge >= 0.3 is 0 Å². The van der Waals surface area contributed by atoms with Crippen LogP contribution in [-0.2, 0) is 4.79 Å². The first kappa shape index (κ1) is 25.7. The number of carbonyl (C=O) groups excluding carboxylic acids is 1. The van der Waals surface area contributed by atoms with Crippen molar-refractivity contribution in [1.29, 1.82) is 0 Å². The number of rotatable bonds is 6. The second-order valence-corrected chi connectivity index (χ2v) is 10.5. The fourth-order valence-corrected chi connectivity index (χ4v) is 5.57. The number of thiocarbonyl (C=S) groups is 1. The number of aryl methyl sites for hydroxylation is 2. The van der Waals surface area contributed by atoms with Gasteiger partial charge < -0.3 is 20.1 Å². The van der Waals surface area contributed by atoms with Crippen LogP contribution in [0.15, 0.2) is 79.0 Å². The second kappa shape index (κ2) is 10.4. The van der Waals surface area contributed by atoms with Crippen LogP contribution in [0.1, 0.15) is 54.1 Å². The summed E-state index contributed by atoms with van der Waals surface area (Å²) in [6.07, 6.45) is 1.82. The number of para-hydroxylation sites is 1. The Morgan fingerprint density at radius 2 is 1.71 bits per heavy atom. The average Bonchev–Trinajstić information content (AvgIpc) is 3.41. The maximum atomic E-state index is 12.3. The molecule has 5 rings (SSSR count). The van der Waals surface area contributed by atoms with Gasteiger partial charge in [0, 0.05) is 40.6 Å². The van der Waals surface area contributed by atoms with Crippen molar-refractivity contribution in [2.24, 2.45) is 5.92 Å². The van der Waals surface area contributed by atoms with Crippen LogP contribution < -0.4 is 15.5 Å². The summed E-state index contributed by atoms with van der Waals surface area (Å²) < 4.78 is 2.29. The lowest BCUT2D eigenvalue weighted by atomic mass is 9.96. The van der Waals surface area contributed by atoms with Crippen LogP contribution in [0.5, 0.6) is 0 Å². The van der Waals surface area contributed by atoms with Crippen LogP contribution >= 0.6 is 12.2 Å². The van der Waals surface area contributed by atoms with Gasteiger partial charge in [0.25, 0.3) is 0 Å². The SMILES string of the molecule is Cc1cc(N2C(=S)N[C@@H](c3ccccn3)[C@H]2c2cc(C)n(-c3ccccc3)c2C)ccc1NC(=O)C(C)C. The molecule has 1 saturated heterocycles. The predicted molar refractivity (Wildman–Crippen MR) is 158 cm³/mol. The van der Waals surface area contributed by atoms with Crippen LogP contribution in [0.4, 0.5) is 11.4 Å². The fourth-order valence-electron chi connectivity index (χ4n) is 5.23. The van der Waals surface area contributed by atoms with Crippen molar-refractivity contribution in [3.05, 3.63) is 107 Å². The van der Waals surface area contributed by atoms with Gasteiger partial charge in [-0.2, -0.15) is 0 Å². The van der Waals surface area contributed by atoms with Crippen molar-refractivity contribution < 1.29 is 4.79 Å². The van der Waals surface area contributed by atoms with E-state index in [0.717, 1.165) is 39.7 Å². The van der Waals surface area contributed by atoms with Crippen molar-refractivity contribution in [1.82, 2.24) is 14.9 Å². The lowest BCUT2D eigenvalue weighted by molar-refractivity contribution is -0.118. The normalized spacial score (nSPS) is 17.1. The number of aromatic nitrogens is 2. The molecule has 7 heteroatoms. The minimum Gasteiger partial charge on any atom is -0.351 e. The molecule has 194 valence electrons. The summed E-state index contributed by atoms with van der Waals surface area (Å²) in [4.78, 5) is 19.2. The molecule has 0 saturated carbocycles. The highest BCUT2D eigenvalue weighted by Crippen LogP contribution is 2.44. The third-order valence-electron chi connectivity index (χ3n) is 7.17. The van der Waals surface area contributed by atoms with E-state index in [0.29, 0.717) is 5.11 Å². The predicted octanol–water partition coefficient (Wildman–Crippen LogP) is 6.57.